The maximum absolute atomic E-state index is 12.4. The monoisotopic (exact) mass is 310 g/mol. The second-order valence-electron chi connectivity index (χ2n) is 6.47. The Bertz CT molecular complexity index is 686. The Kier molecular flexibility index (Phi) is 4.12. The summed E-state index contributed by atoms with van der Waals surface area (Å²) in [5.41, 5.74) is 2.05. The summed E-state index contributed by atoms with van der Waals surface area (Å²) in [6.07, 6.45) is 7.16. The van der Waals surface area contributed by atoms with E-state index in [2.05, 4.69) is 13.2 Å². The van der Waals surface area contributed by atoms with Crippen molar-refractivity contribution in [3.63, 3.8) is 0 Å². The van der Waals surface area contributed by atoms with Crippen LogP contribution in [0, 0.1) is 23.7 Å². The van der Waals surface area contributed by atoms with Crippen molar-refractivity contribution >= 4 is 5.78 Å². The number of phenols is 1. The van der Waals surface area contributed by atoms with Crippen molar-refractivity contribution in [2.45, 2.75) is 12.8 Å². The molecule has 0 spiro atoms. The third kappa shape index (κ3) is 2.72. The lowest BCUT2D eigenvalue weighted by molar-refractivity contribution is -0.120. The molecule has 0 amide bonds. The first-order valence-corrected chi connectivity index (χ1v) is 7.94. The van der Waals surface area contributed by atoms with Gasteiger partial charge in [-0.15, -0.1) is 6.58 Å². The molecule has 2 aliphatic rings. The molecule has 2 aliphatic carbocycles. The first kappa shape index (κ1) is 15.6. The van der Waals surface area contributed by atoms with Crippen LogP contribution in [0.5, 0.6) is 11.5 Å². The maximum atomic E-state index is 12.4. The van der Waals surface area contributed by atoms with Crippen LogP contribution in [0.1, 0.15) is 12.0 Å². The quantitative estimate of drug-likeness (QED) is 0.863. The molecule has 0 saturated heterocycles. The molecule has 1 N–H and O–H groups in total. The molecule has 0 bridgehead atoms. The lowest BCUT2D eigenvalue weighted by atomic mass is 9.75. The molecule has 23 heavy (non-hydrogen) atoms. The number of rotatable bonds is 4. The summed E-state index contributed by atoms with van der Waals surface area (Å²) >= 11 is 0. The predicted molar refractivity (Wildman–Crippen MR) is 90.4 cm³/mol. The van der Waals surface area contributed by atoms with E-state index >= 15 is 0 Å². The van der Waals surface area contributed by atoms with Gasteiger partial charge in [-0.25, -0.2) is 0 Å². The highest BCUT2D eigenvalue weighted by molar-refractivity contribution is 5.94. The predicted octanol–water partition coefficient (Wildman–Crippen LogP) is 3.69. The van der Waals surface area contributed by atoms with Gasteiger partial charge in [-0.2, -0.15) is 0 Å². The van der Waals surface area contributed by atoms with Crippen molar-refractivity contribution in [3.05, 3.63) is 60.7 Å². The summed E-state index contributed by atoms with van der Waals surface area (Å²) in [4.78, 5) is 12.4. The van der Waals surface area contributed by atoms with Crippen LogP contribution in [0.4, 0.5) is 0 Å². The number of ketones is 1. The summed E-state index contributed by atoms with van der Waals surface area (Å²) in [5, 5.41) is 9.96. The molecule has 0 unspecified atom stereocenters. The average Bonchev–Trinajstić information content (AvgIpc) is 2.91. The van der Waals surface area contributed by atoms with E-state index in [9.17, 15) is 9.90 Å². The Labute approximate surface area is 137 Å². The number of carbonyl (C=O) groups excluding carboxylic acids is 1. The van der Waals surface area contributed by atoms with E-state index in [1.54, 1.807) is 18.2 Å². The van der Waals surface area contributed by atoms with Gasteiger partial charge in [-0.1, -0.05) is 30.4 Å². The van der Waals surface area contributed by atoms with E-state index in [1.807, 2.05) is 18.2 Å². The van der Waals surface area contributed by atoms with Crippen LogP contribution in [0.2, 0.25) is 0 Å². The molecule has 1 fully saturated rings. The minimum atomic E-state index is -0.0280. The SMILES string of the molecule is C=C[C@@H]1C[C@H](Cc2ccc(OC)c(O)c2)[C@H]2C(=O)C=CC(=C)[C@H]21. The summed E-state index contributed by atoms with van der Waals surface area (Å²) in [7, 11) is 1.53. The van der Waals surface area contributed by atoms with E-state index in [1.165, 1.54) is 7.11 Å². The number of ether oxygens (including phenoxy) is 1. The highest BCUT2D eigenvalue weighted by atomic mass is 16.5. The van der Waals surface area contributed by atoms with Gasteiger partial charge in [-0.3, -0.25) is 4.79 Å². The van der Waals surface area contributed by atoms with Crippen LogP contribution in [-0.2, 0) is 11.2 Å². The molecule has 3 nitrogen and oxygen atoms in total. The van der Waals surface area contributed by atoms with Crippen LogP contribution in [0.3, 0.4) is 0 Å². The highest BCUT2D eigenvalue weighted by Gasteiger charge is 2.46. The number of methoxy groups -OCH3 is 1. The van der Waals surface area contributed by atoms with Crippen molar-refractivity contribution in [1.29, 1.82) is 0 Å². The molecule has 0 aromatic heterocycles. The van der Waals surface area contributed by atoms with Gasteiger partial charge in [0.05, 0.1) is 7.11 Å². The van der Waals surface area contributed by atoms with Crippen LogP contribution in [0.15, 0.2) is 55.2 Å². The summed E-state index contributed by atoms with van der Waals surface area (Å²) in [6.45, 7) is 8.06. The summed E-state index contributed by atoms with van der Waals surface area (Å²) in [6, 6.07) is 5.45. The van der Waals surface area contributed by atoms with Gasteiger partial charge < -0.3 is 9.84 Å². The average molecular weight is 310 g/mol. The molecular weight excluding hydrogens is 288 g/mol. The standard InChI is InChI=1S/C20H22O3/c1-4-14-11-15(20-16(21)7-5-12(2)19(14)20)9-13-6-8-18(23-3)17(22)10-13/h4-8,10,14-15,19-20,22H,1-2,9,11H2,3H3/t14-,15+,19+,20+/m1/s1. The Morgan fingerprint density at radius 3 is 2.78 bits per heavy atom. The fraction of sp³-hybridized carbons (Fsp3) is 0.350. The van der Waals surface area contributed by atoms with Crippen molar-refractivity contribution in [3.8, 4) is 11.5 Å². The molecule has 4 atom stereocenters. The van der Waals surface area contributed by atoms with Gasteiger partial charge in [0.15, 0.2) is 17.3 Å². The lowest BCUT2D eigenvalue weighted by Gasteiger charge is -2.28. The van der Waals surface area contributed by atoms with Crippen molar-refractivity contribution in [2.75, 3.05) is 7.11 Å². The Balaban J connectivity index is 1.86. The van der Waals surface area contributed by atoms with Crippen molar-refractivity contribution < 1.29 is 14.6 Å². The fourth-order valence-corrected chi connectivity index (χ4v) is 4.15. The minimum Gasteiger partial charge on any atom is -0.504 e. The zero-order valence-corrected chi connectivity index (χ0v) is 13.4. The van der Waals surface area contributed by atoms with Gasteiger partial charge in [0.25, 0.3) is 0 Å². The van der Waals surface area contributed by atoms with Crippen LogP contribution < -0.4 is 4.74 Å². The molecule has 1 aromatic carbocycles. The van der Waals surface area contributed by atoms with Crippen molar-refractivity contribution in [2.24, 2.45) is 23.7 Å². The van der Waals surface area contributed by atoms with E-state index in [0.29, 0.717) is 11.7 Å². The molecule has 3 heteroatoms. The first-order chi connectivity index (χ1) is 11.0. The van der Waals surface area contributed by atoms with Crippen LogP contribution in [0.25, 0.3) is 0 Å². The minimum absolute atomic E-state index is 0.0280. The third-order valence-corrected chi connectivity index (χ3v) is 5.19. The molecule has 120 valence electrons. The molecule has 0 heterocycles. The second-order valence-corrected chi connectivity index (χ2v) is 6.47. The van der Waals surface area contributed by atoms with Crippen LogP contribution in [-0.4, -0.2) is 18.0 Å². The number of hydrogen-bond acceptors (Lipinski definition) is 3. The van der Waals surface area contributed by atoms with Gasteiger partial charge in [0.1, 0.15) is 0 Å². The lowest BCUT2D eigenvalue weighted by Crippen LogP contribution is -2.29. The molecule has 1 aromatic rings. The van der Waals surface area contributed by atoms with E-state index in [4.69, 9.17) is 4.74 Å². The number of carbonyl (C=O) groups is 1. The van der Waals surface area contributed by atoms with E-state index in [0.717, 1.165) is 24.0 Å². The molecular formula is C20H22O3. The zero-order valence-electron chi connectivity index (χ0n) is 13.4. The van der Waals surface area contributed by atoms with Crippen molar-refractivity contribution in [1.82, 2.24) is 0 Å². The second kappa shape index (κ2) is 6.07. The molecule has 3 rings (SSSR count). The zero-order chi connectivity index (χ0) is 16.6. The third-order valence-electron chi connectivity index (χ3n) is 5.19. The Morgan fingerprint density at radius 2 is 2.13 bits per heavy atom. The van der Waals surface area contributed by atoms with Gasteiger partial charge >= 0.3 is 0 Å². The Hall–Kier alpha value is -2.29. The van der Waals surface area contributed by atoms with E-state index in [-0.39, 0.29) is 29.3 Å². The largest absolute Gasteiger partial charge is 0.504 e. The van der Waals surface area contributed by atoms with Gasteiger partial charge in [-0.05, 0) is 54.4 Å². The van der Waals surface area contributed by atoms with Gasteiger partial charge in [0, 0.05) is 5.92 Å². The fourth-order valence-electron chi connectivity index (χ4n) is 4.15. The van der Waals surface area contributed by atoms with Crippen LogP contribution >= 0.6 is 0 Å². The number of benzene rings is 1. The Morgan fingerprint density at radius 1 is 1.35 bits per heavy atom. The number of fused-ring (bicyclic) bond motifs is 1. The van der Waals surface area contributed by atoms with Gasteiger partial charge in [0.2, 0.25) is 0 Å². The molecule has 0 radical (unpaired) electrons. The highest BCUT2D eigenvalue weighted by Crippen LogP contribution is 2.49. The number of aromatic hydroxyl groups is 1. The summed E-state index contributed by atoms with van der Waals surface area (Å²) < 4.78 is 5.08. The number of allylic oxidation sites excluding steroid dienone is 4. The molecule has 0 aliphatic heterocycles. The van der Waals surface area contributed by atoms with E-state index < -0.39 is 0 Å². The smallest absolute Gasteiger partial charge is 0.160 e. The molecule has 1 saturated carbocycles. The summed E-state index contributed by atoms with van der Waals surface area (Å²) in [5.74, 6) is 1.46. The maximum Gasteiger partial charge on any atom is 0.160 e. The number of hydrogen-bond donors (Lipinski definition) is 1. The first-order valence-electron chi connectivity index (χ1n) is 7.94. The topological polar surface area (TPSA) is 46.5 Å². The number of phenolic OH excluding ortho intramolecular Hbond substituents is 1. The normalized spacial score (nSPS) is 29.4.